The summed E-state index contributed by atoms with van der Waals surface area (Å²) in [6.07, 6.45) is 0. The SMILES string of the molecule is CCn1c(=NC(=O)c2ccc(F)cc2)sc2cc(C(=O)OC)ccc21. The van der Waals surface area contributed by atoms with Crippen LogP contribution in [0.25, 0.3) is 10.2 Å². The number of amides is 1. The van der Waals surface area contributed by atoms with E-state index >= 15 is 0 Å². The summed E-state index contributed by atoms with van der Waals surface area (Å²) < 4.78 is 20.4. The average molecular weight is 358 g/mol. The molecule has 7 heteroatoms. The molecular formula is C18H15FN2O3S. The van der Waals surface area contributed by atoms with Crippen LogP contribution in [0.3, 0.4) is 0 Å². The number of esters is 1. The fraction of sp³-hybridized carbons (Fsp3) is 0.167. The molecule has 0 fully saturated rings. The lowest BCUT2D eigenvalue weighted by Gasteiger charge is -2.02. The summed E-state index contributed by atoms with van der Waals surface area (Å²) in [5, 5.41) is 0. The number of benzene rings is 2. The summed E-state index contributed by atoms with van der Waals surface area (Å²) in [4.78, 5) is 28.7. The number of aryl methyl sites for hydroxylation is 1. The van der Waals surface area contributed by atoms with Crippen LogP contribution in [0.4, 0.5) is 4.39 Å². The summed E-state index contributed by atoms with van der Waals surface area (Å²) in [5.41, 5.74) is 1.64. The van der Waals surface area contributed by atoms with Gasteiger partial charge in [-0.1, -0.05) is 11.3 Å². The molecule has 0 spiro atoms. The van der Waals surface area contributed by atoms with Crippen LogP contribution in [0.5, 0.6) is 0 Å². The molecule has 0 radical (unpaired) electrons. The molecule has 1 aromatic heterocycles. The summed E-state index contributed by atoms with van der Waals surface area (Å²) >= 11 is 1.31. The molecule has 3 rings (SSSR count). The zero-order valence-corrected chi connectivity index (χ0v) is 14.5. The molecule has 0 aliphatic carbocycles. The highest BCUT2D eigenvalue weighted by molar-refractivity contribution is 7.16. The number of hydrogen-bond acceptors (Lipinski definition) is 4. The van der Waals surface area contributed by atoms with E-state index in [9.17, 15) is 14.0 Å². The van der Waals surface area contributed by atoms with Gasteiger partial charge < -0.3 is 9.30 Å². The molecule has 0 N–H and O–H groups in total. The Bertz CT molecular complexity index is 1020. The summed E-state index contributed by atoms with van der Waals surface area (Å²) in [5.74, 6) is -1.27. The second-order valence-electron chi connectivity index (χ2n) is 5.23. The van der Waals surface area contributed by atoms with Crippen molar-refractivity contribution in [3.05, 3.63) is 64.2 Å². The average Bonchev–Trinajstić information content (AvgIpc) is 2.97. The molecule has 0 saturated heterocycles. The minimum atomic E-state index is -0.443. The Morgan fingerprint density at radius 2 is 1.84 bits per heavy atom. The van der Waals surface area contributed by atoms with Crippen LogP contribution in [0.15, 0.2) is 47.5 Å². The Morgan fingerprint density at radius 3 is 2.48 bits per heavy atom. The fourth-order valence-corrected chi connectivity index (χ4v) is 3.58. The third-order valence-corrected chi connectivity index (χ3v) is 4.75. The molecule has 0 bridgehead atoms. The van der Waals surface area contributed by atoms with Gasteiger partial charge >= 0.3 is 5.97 Å². The highest BCUT2D eigenvalue weighted by atomic mass is 32.1. The zero-order valence-electron chi connectivity index (χ0n) is 13.7. The smallest absolute Gasteiger partial charge is 0.337 e. The molecule has 0 saturated carbocycles. The van der Waals surface area contributed by atoms with E-state index in [-0.39, 0.29) is 0 Å². The molecule has 5 nitrogen and oxygen atoms in total. The number of thiazole rings is 1. The van der Waals surface area contributed by atoms with Crippen molar-refractivity contribution in [3.8, 4) is 0 Å². The number of methoxy groups -OCH3 is 1. The van der Waals surface area contributed by atoms with E-state index in [4.69, 9.17) is 4.74 Å². The topological polar surface area (TPSA) is 60.7 Å². The van der Waals surface area contributed by atoms with Crippen molar-refractivity contribution < 1.29 is 18.7 Å². The molecule has 1 amide bonds. The molecule has 1 heterocycles. The Labute approximate surface area is 147 Å². The number of carbonyl (C=O) groups excluding carboxylic acids is 2. The van der Waals surface area contributed by atoms with E-state index in [1.165, 1.54) is 42.7 Å². The monoisotopic (exact) mass is 358 g/mol. The van der Waals surface area contributed by atoms with E-state index in [0.29, 0.717) is 22.5 Å². The van der Waals surface area contributed by atoms with Crippen molar-refractivity contribution in [2.24, 2.45) is 4.99 Å². The predicted molar refractivity (Wildman–Crippen MR) is 93.1 cm³/mol. The second-order valence-corrected chi connectivity index (χ2v) is 6.24. The maximum absolute atomic E-state index is 13.0. The van der Waals surface area contributed by atoms with Crippen LogP contribution in [-0.2, 0) is 11.3 Å². The lowest BCUT2D eigenvalue weighted by atomic mass is 10.2. The van der Waals surface area contributed by atoms with Crippen molar-refractivity contribution in [2.75, 3.05) is 7.11 Å². The number of hydrogen-bond donors (Lipinski definition) is 0. The lowest BCUT2D eigenvalue weighted by molar-refractivity contribution is 0.0601. The number of carbonyl (C=O) groups is 2. The molecule has 3 aromatic rings. The first-order valence-corrected chi connectivity index (χ1v) is 8.41. The zero-order chi connectivity index (χ0) is 18.0. The summed E-state index contributed by atoms with van der Waals surface area (Å²) in [6.45, 7) is 2.56. The maximum Gasteiger partial charge on any atom is 0.337 e. The van der Waals surface area contributed by atoms with Gasteiger partial charge in [0.1, 0.15) is 5.82 Å². The fourth-order valence-electron chi connectivity index (χ4n) is 2.45. The van der Waals surface area contributed by atoms with Gasteiger partial charge in [-0.15, -0.1) is 0 Å². The number of nitrogens with zero attached hydrogens (tertiary/aromatic N) is 2. The van der Waals surface area contributed by atoms with Gasteiger partial charge in [0, 0.05) is 12.1 Å². The lowest BCUT2D eigenvalue weighted by Crippen LogP contribution is -2.15. The standard InChI is InChI=1S/C18H15FN2O3S/c1-3-21-14-9-6-12(17(23)24-2)10-15(14)25-18(21)20-16(22)11-4-7-13(19)8-5-11/h4-10H,3H2,1-2H3. The Balaban J connectivity index is 2.10. The maximum atomic E-state index is 13.0. The van der Waals surface area contributed by atoms with E-state index in [0.717, 1.165) is 10.2 Å². The predicted octanol–water partition coefficient (Wildman–Crippen LogP) is 3.39. The van der Waals surface area contributed by atoms with E-state index in [1.807, 2.05) is 17.6 Å². The number of fused-ring (bicyclic) bond motifs is 1. The van der Waals surface area contributed by atoms with Crippen molar-refractivity contribution in [1.82, 2.24) is 4.57 Å². The van der Waals surface area contributed by atoms with Crippen LogP contribution in [0, 0.1) is 5.82 Å². The van der Waals surface area contributed by atoms with Gasteiger partial charge in [0.15, 0.2) is 4.80 Å². The minimum Gasteiger partial charge on any atom is -0.465 e. The number of ether oxygens (including phenoxy) is 1. The Hall–Kier alpha value is -2.80. The molecule has 0 atom stereocenters. The van der Waals surface area contributed by atoms with Crippen LogP contribution >= 0.6 is 11.3 Å². The first-order valence-electron chi connectivity index (χ1n) is 7.60. The number of rotatable bonds is 3. The van der Waals surface area contributed by atoms with Gasteiger partial charge in [-0.3, -0.25) is 4.79 Å². The molecule has 0 aliphatic heterocycles. The van der Waals surface area contributed by atoms with E-state index in [1.54, 1.807) is 12.1 Å². The van der Waals surface area contributed by atoms with Gasteiger partial charge in [0.25, 0.3) is 5.91 Å². The van der Waals surface area contributed by atoms with Crippen molar-refractivity contribution in [1.29, 1.82) is 0 Å². The number of halogens is 1. The Morgan fingerprint density at radius 1 is 1.16 bits per heavy atom. The first-order chi connectivity index (χ1) is 12.0. The molecule has 0 unspecified atom stereocenters. The van der Waals surface area contributed by atoms with Gasteiger partial charge in [-0.2, -0.15) is 4.99 Å². The van der Waals surface area contributed by atoms with Gasteiger partial charge in [-0.05, 0) is 49.4 Å². The normalized spacial score (nSPS) is 11.7. The van der Waals surface area contributed by atoms with Gasteiger partial charge in [0.05, 0.1) is 22.9 Å². The quantitative estimate of drug-likeness (QED) is 0.674. The largest absolute Gasteiger partial charge is 0.465 e. The summed E-state index contributed by atoms with van der Waals surface area (Å²) in [7, 11) is 1.33. The van der Waals surface area contributed by atoms with E-state index in [2.05, 4.69) is 4.99 Å². The van der Waals surface area contributed by atoms with Crippen LogP contribution in [0.2, 0.25) is 0 Å². The first kappa shape index (κ1) is 17.0. The van der Waals surface area contributed by atoms with Gasteiger partial charge in [0.2, 0.25) is 0 Å². The third kappa shape index (κ3) is 3.36. The highest BCUT2D eigenvalue weighted by Crippen LogP contribution is 2.20. The minimum absolute atomic E-state index is 0.316. The highest BCUT2D eigenvalue weighted by Gasteiger charge is 2.12. The Kier molecular flexibility index (Phi) is 4.76. The molecule has 128 valence electrons. The third-order valence-electron chi connectivity index (χ3n) is 3.71. The molecular weight excluding hydrogens is 343 g/mol. The molecule has 0 aliphatic rings. The van der Waals surface area contributed by atoms with Crippen LogP contribution < -0.4 is 4.80 Å². The molecule has 2 aromatic carbocycles. The van der Waals surface area contributed by atoms with Crippen molar-refractivity contribution in [3.63, 3.8) is 0 Å². The van der Waals surface area contributed by atoms with Crippen molar-refractivity contribution in [2.45, 2.75) is 13.5 Å². The molecule has 25 heavy (non-hydrogen) atoms. The second kappa shape index (κ2) is 6.98. The van der Waals surface area contributed by atoms with Crippen LogP contribution in [0.1, 0.15) is 27.6 Å². The number of aromatic nitrogens is 1. The van der Waals surface area contributed by atoms with Crippen LogP contribution in [-0.4, -0.2) is 23.6 Å². The van der Waals surface area contributed by atoms with E-state index < -0.39 is 17.7 Å². The summed E-state index contributed by atoms with van der Waals surface area (Å²) in [6, 6.07) is 10.5. The van der Waals surface area contributed by atoms with Crippen molar-refractivity contribution >= 4 is 33.4 Å². The van der Waals surface area contributed by atoms with Gasteiger partial charge in [-0.25, -0.2) is 9.18 Å².